The van der Waals surface area contributed by atoms with Crippen molar-refractivity contribution in [3.8, 4) is 0 Å². The second-order valence-corrected chi connectivity index (χ2v) is 4.38. The molecule has 1 aromatic heterocycles. The lowest BCUT2D eigenvalue weighted by molar-refractivity contribution is 0.520. The number of rotatable bonds is 6. The summed E-state index contributed by atoms with van der Waals surface area (Å²) in [5.74, 6) is 0. The summed E-state index contributed by atoms with van der Waals surface area (Å²) in [5, 5.41) is 7.95. The topological polar surface area (TPSA) is 29.9 Å². The van der Waals surface area contributed by atoms with Crippen LogP contribution in [0.2, 0.25) is 0 Å². The molecule has 0 aliphatic heterocycles. The van der Waals surface area contributed by atoms with Crippen LogP contribution in [0, 0.1) is 0 Å². The highest BCUT2D eigenvalue weighted by atomic mass is 15.3. The minimum atomic E-state index is 0.227. The fraction of sp³-hybridized carbons (Fsp3) is 0.400. The molecule has 1 atom stereocenters. The number of hydrogen-bond acceptors (Lipinski definition) is 2. The van der Waals surface area contributed by atoms with E-state index in [1.807, 2.05) is 6.20 Å². The maximum absolute atomic E-state index is 4.41. The summed E-state index contributed by atoms with van der Waals surface area (Å²) in [6.45, 7) is 6.22. The summed E-state index contributed by atoms with van der Waals surface area (Å²) in [6.07, 6.45) is 2.99. The van der Waals surface area contributed by atoms with Crippen LogP contribution in [-0.2, 0) is 6.54 Å². The summed E-state index contributed by atoms with van der Waals surface area (Å²) in [6, 6.07) is 12.9. The Hall–Kier alpha value is -1.61. The van der Waals surface area contributed by atoms with Gasteiger partial charge >= 0.3 is 0 Å². The average Bonchev–Trinajstić information content (AvgIpc) is 2.85. The molecular formula is C15H21N3. The minimum absolute atomic E-state index is 0.227. The summed E-state index contributed by atoms with van der Waals surface area (Å²) < 4.78 is 2.10. The van der Waals surface area contributed by atoms with Gasteiger partial charge in [0.25, 0.3) is 0 Å². The third kappa shape index (κ3) is 2.79. The predicted molar refractivity (Wildman–Crippen MR) is 74.5 cm³/mol. The minimum Gasteiger partial charge on any atom is -0.305 e. The molecule has 3 nitrogen and oxygen atoms in total. The number of benzene rings is 1. The van der Waals surface area contributed by atoms with Crippen molar-refractivity contribution in [2.24, 2.45) is 0 Å². The number of aryl methyl sites for hydroxylation is 1. The fourth-order valence-electron chi connectivity index (χ4n) is 2.23. The molecule has 0 fully saturated rings. The highest BCUT2D eigenvalue weighted by molar-refractivity contribution is 5.27. The van der Waals surface area contributed by atoms with Gasteiger partial charge in [-0.2, -0.15) is 5.10 Å². The van der Waals surface area contributed by atoms with Crippen LogP contribution in [0.5, 0.6) is 0 Å². The standard InChI is InChI=1S/C15H21N3/c1-3-12-18-14(10-11-17-18)15(16-4-2)13-8-6-5-7-9-13/h5-11,15-16H,3-4,12H2,1-2H3. The molecule has 0 spiro atoms. The Balaban J connectivity index is 2.32. The highest BCUT2D eigenvalue weighted by Crippen LogP contribution is 2.21. The molecule has 0 aliphatic rings. The molecule has 0 aliphatic carbocycles. The zero-order chi connectivity index (χ0) is 12.8. The van der Waals surface area contributed by atoms with E-state index in [-0.39, 0.29) is 6.04 Å². The van der Waals surface area contributed by atoms with Crippen molar-refractivity contribution in [3.05, 3.63) is 53.9 Å². The van der Waals surface area contributed by atoms with Crippen LogP contribution in [0.25, 0.3) is 0 Å². The van der Waals surface area contributed by atoms with Crippen LogP contribution in [0.3, 0.4) is 0 Å². The van der Waals surface area contributed by atoms with E-state index in [1.54, 1.807) is 0 Å². The van der Waals surface area contributed by atoms with Crippen molar-refractivity contribution >= 4 is 0 Å². The Morgan fingerprint density at radius 2 is 1.94 bits per heavy atom. The van der Waals surface area contributed by atoms with Gasteiger partial charge in [-0.1, -0.05) is 44.2 Å². The lowest BCUT2D eigenvalue weighted by Crippen LogP contribution is -2.24. The molecule has 0 saturated heterocycles. The molecule has 0 saturated carbocycles. The van der Waals surface area contributed by atoms with E-state index >= 15 is 0 Å². The van der Waals surface area contributed by atoms with E-state index < -0.39 is 0 Å². The van der Waals surface area contributed by atoms with Crippen molar-refractivity contribution in [2.75, 3.05) is 6.54 Å². The summed E-state index contributed by atoms with van der Waals surface area (Å²) in [7, 11) is 0. The van der Waals surface area contributed by atoms with Gasteiger partial charge in [-0.05, 0) is 24.6 Å². The molecule has 0 bridgehead atoms. The van der Waals surface area contributed by atoms with Gasteiger partial charge in [-0.3, -0.25) is 4.68 Å². The van der Waals surface area contributed by atoms with Crippen molar-refractivity contribution in [3.63, 3.8) is 0 Å². The zero-order valence-corrected chi connectivity index (χ0v) is 11.1. The second kappa shape index (κ2) is 6.36. The molecule has 1 N–H and O–H groups in total. The molecule has 2 aromatic rings. The van der Waals surface area contributed by atoms with Crippen LogP contribution < -0.4 is 5.32 Å². The summed E-state index contributed by atoms with van der Waals surface area (Å²) >= 11 is 0. The molecule has 0 radical (unpaired) electrons. The van der Waals surface area contributed by atoms with E-state index in [2.05, 4.69) is 65.3 Å². The first-order chi connectivity index (χ1) is 8.86. The van der Waals surface area contributed by atoms with Crippen molar-refractivity contribution in [1.82, 2.24) is 15.1 Å². The Morgan fingerprint density at radius 3 is 2.61 bits per heavy atom. The molecule has 18 heavy (non-hydrogen) atoms. The Labute approximate surface area is 109 Å². The van der Waals surface area contributed by atoms with Gasteiger partial charge in [-0.15, -0.1) is 0 Å². The zero-order valence-electron chi connectivity index (χ0n) is 11.1. The summed E-state index contributed by atoms with van der Waals surface area (Å²) in [4.78, 5) is 0. The molecule has 1 unspecified atom stereocenters. The molecule has 3 heteroatoms. The van der Waals surface area contributed by atoms with Crippen LogP contribution in [-0.4, -0.2) is 16.3 Å². The quantitative estimate of drug-likeness (QED) is 0.845. The van der Waals surface area contributed by atoms with Gasteiger partial charge < -0.3 is 5.32 Å². The van der Waals surface area contributed by atoms with Gasteiger partial charge in [0.1, 0.15) is 0 Å². The van der Waals surface area contributed by atoms with E-state index in [0.29, 0.717) is 0 Å². The van der Waals surface area contributed by atoms with Crippen LogP contribution in [0.4, 0.5) is 0 Å². The average molecular weight is 243 g/mol. The third-order valence-electron chi connectivity index (χ3n) is 3.02. The molecule has 2 rings (SSSR count). The van der Waals surface area contributed by atoms with Crippen molar-refractivity contribution < 1.29 is 0 Å². The number of nitrogens with one attached hydrogen (secondary N) is 1. The van der Waals surface area contributed by atoms with Gasteiger partial charge in [0.05, 0.1) is 11.7 Å². The number of nitrogens with zero attached hydrogens (tertiary/aromatic N) is 2. The van der Waals surface area contributed by atoms with Crippen molar-refractivity contribution in [2.45, 2.75) is 32.9 Å². The first kappa shape index (κ1) is 12.8. The fourth-order valence-corrected chi connectivity index (χ4v) is 2.23. The van der Waals surface area contributed by atoms with Crippen LogP contribution in [0.1, 0.15) is 37.6 Å². The van der Waals surface area contributed by atoms with Crippen molar-refractivity contribution in [1.29, 1.82) is 0 Å². The first-order valence-corrected chi connectivity index (χ1v) is 6.66. The van der Waals surface area contributed by atoms with Gasteiger partial charge in [0, 0.05) is 12.7 Å². The Bertz CT molecular complexity index is 462. The van der Waals surface area contributed by atoms with Crippen LogP contribution in [0.15, 0.2) is 42.6 Å². The van der Waals surface area contributed by atoms with E-state index in [9.17, 15) is 0 Å². The lowest BCUT2D eigenvalue weighted by Gasteiger charge is -2.19. The molecule has 1 aromatic carbocycles. The van der Waals surface area contributed by atoms with E-state index in [1.165, 1.54) is 11.3 Å². The second-order valence-electron chi connectivity index (χ2n) is 4.38. The molecule has 1 heterocycles. The van der Waals surface area contributed by atoms with Crippen LogP contribution >= 0.6 is 0 Å². The normalized spacial score (nSPS) is 12.6. The monoisotopic (exact) mass is 243 g/mol. The lowest BCUT2D eigenvalue weighted by atomic mass is 10.0. The van der Waals surface area contributed by atoms with Gasteiger partial charge in [-0.25, -0.2) is 0 Å². The third-order valence-corrected chi connectivity index (χ3v) is 3.02. The van der Waals surface area contributed by atoms with E-state index in [4.69, 9.17) is 0 Å². The predicted octanol–water partition coefficient (Wildman–Crippen LogP) is 2.99. The van der Waals surface area contributed by atoms with Gasteiger partial charge in [0.2, 0.25) is 0 Å². The largest absolute Gasteiger partial charge is 0.305 e. The first-order valence-electron chi connectivity index (χ1n) is 6.66. The Morgan fingerprint density at radius 1 is 1.17 bits per heavy atom. The number of aromatic nitrogens is 2. The number of hydrogen-bond donors (Lipinski definition) is 1. The van der Waals surface area contributed by atoms with Gasteiger partial charge in [0.15, 0.2) is 0 Å². The Kier molecular flexibility index (Phi) is 4.53. The van der Waals surface area contributed by atoms with E-state index in [0.717, 1.165) is 19.5 Å². The molecular weight excluding hydrogens is 222 g/mol. The molecule has 0 amide bonds. The SMILES string of the molecule is CCCn1nccc1C(NCC)c1ccccc1. The summed E-state index contributed by atoms with van der Waals surface area (Å²) in [5.41, 5.74) is 2.53. The maximum Gasteiger partial charge on any atom is 0.0748 e. The smallest absolute Gasteiger partial charge is 0.0748 e. The maximum atomic E-state index is 4.41. The molecule has 96 valence electrons. The highest BCUT2D eigenvalue weighted by Gasteiger charge is 2.16.